The average molecular weight is 450 g/mol. The van der Waals surface area contributed by atoms with Crippen molar-refractivity contribution >= 4 is 42.3 Å². The Kier molecular flexibility index (Phi) is 12.4. The van der Waals surface area contributed by atoms with Crippen molar-refractivity contribution in [2.24, 2.45) is 22.2 Å². The number of carboxylic acids is 1. The first-order valence-corrected chi connectivity index (χ1v) is 9.77. The summed E-state index contributed by atoms with van der Waals surface area (Å²) in [6.07, 6.45) is -0.630. The van der Waals surface area contributed by atoms with E-state index in [-0.39, 0.29) is 18.1 Å². The number of hydrogen-bond donors (Lipinski definition) is 9. The second kappa shape index (κ2) is 13.6. The van der Waals surface area contributed by atoms with Crippen molar-refractivity contribution in [3.8, 4) is 0 Å². The Morgan fingerprint density at radius 2 is 1.63 bits per heavy atom. The van der Waals surface area contributed by atoms with Gasteiger partial charge in [0.15, 0.2) is 5.96 Å². The monoisotopic (exact) mass is 449 g/mol. The number of nitrogens with zero attached hydrogens (tertiary/aromatic N) is 1. The first kappa shape index (κ1) is 27.4. The second-order valence-electron chi connectivity index (χ2n) is 6.59. The highest BCUT2D eigenvalue weighted by Gasteiger charge is 2.31. The van der Waals surface area contributed by atoms with E-state index in [9.17, 15) is 24.3 Å². The van der Waals surface area contributed by atoms with Crippen molar-refractivity contribution in [3.05, 3.63) is 0 Å². The summed E-state index contributed by atoms with van der Waals surface area (Å²) in [4.78, 5) is 51.4. The number of hydrogen-bond acceptors (Lipinski definition) is 8. The molecule has 0 rings (SSSR count). The van der Waals surface area contributed by atoms with Gasteiger partial charge >= 0.3 is 5.97 Å². The van der Waals surface area contributed by atoms with Gasteiger partial charge in [0.25, 0.3) is 0 Å². The molecule has 0 saturated carbocycles. The maximum atomic E-state index is 12.4. The summed E-state index contributed by atoms with van der Waals surface area (Å²) < 4.78 is 0. The summed E-state index contributed by atoms with van der Waals surface area (Å²) in [5, 5.41) is 25.5. The van der Waals surface area contributed by atoms with Crippen molar-refractivity contribution in [2.75, 3.05) is 12.3 Å². The van der Waals surface area contributed by atoms with Crippen LogP contribution < -0.4 is 33.2 Å². The van der Waals surface area contributed by atoms with Crippen LogP contribution in [-0.4, -0.2) is 82.4 Å². The Balaban J connectivity index is 4.88. The summed E-state index contributed by atoms with van der Waals surface area (Å²) in [6, 6.07) is -4.74. The largest absolute Gasteiger partial charge is 0.480 e. The van der Waals surface area contributed by atoms with Gasteiger partial charge in [0, 0.05) is 12.3 Å². The fourth-order valence-corrected chi connectivity index (χ4v) is 2.40. The van der Waals surface area contributed by atoms with Gasteiger partial charge in [-0.25, -0.2) is 0 Å². The minimum Gasteiger partial charge on any atom is -0.480 e. The van der Waals surface area contributed by atoms with Crippen LogP contribution in [-0.2, 0) is 19.2 Å². The number of aliphatic carboxylic acids is 1. The molecule has 0 aromatic heterocycles. The van der Waals surface area contributed by atoms with Crippen molar-refractivity contribution < 1.29 is 29.4 Å². The van der Waals surface area contributed by atoms with Crippen LogP contribution in [0.5, 0.6) is 0 Å². The number of nitrogens with one attached hydrogen (secondary N) is 3. The third-order valence-corrected chi connectivity index (χ3v) is 4.28. The molecule has 0 bridgehead atoms. The molecule has 0 aliphatic rings. The molecule has 0 aromatic carbocycles. The summed E-state index contributed by atoms with van der Waals surface area (Å²) in [5.74, 6) is -3.78. The van der Waals surface area contributed by atoms with E-state index >= 15 is 0 Å². The average Bonchev–Trinajstić information content (AvgIpc) is 2.65. The molecular weight excluding hydrogens is 418 g/mol. The maximum Gasteiger partial charge on any atom is 0.325 e. The first-order valence-electron chi connectivity index (χ1n) is 9.14. The number of carbonyl (C=O) groups is 4. The number of rotatable bonds is 13. The maximum absolute atomic E-state index is 12.4. The molecule has 5 unspecified atom stereocenters. The quantitative estimate of drug-likeness (QED) is 0.0580. The standard InChI is InChI=1S/C16H31N7O6S/c1-7(15(28)29)21-14(27)11(8(2)24)23-13(26)10(6-30)22-12(25)9(17)4-3-5-20-16(18)19/h7-11,24,30H,3-6,17H2,1-2H3,(H,21,27)(H,22,25)(H,23,26)(H,28,29)(H4,18,19,20). The highest BCUT2D eigenvalue weighted by molar-refractivity contribution is 7.80. The van der Waals surface area contributed by atoms with Crippen LogP contribution in [0.2, 0.25) is 0 Å². The third kappa shape index (κ3) is 10.3. The number of nitrogens with two attached hydrogens (primary N) is 3. The lowest BCUT2D eigenvalue weighted by Crippen LogP contribution is -2.60. The molecule has 30 heavy (non-hydrogen) atoms. The molecule has 13 nitrogen and oxygen atoms in total. The Hall–Kier alpha value is -2.58. The fourth-order valence-electron chi connectivity index (χ4n) is 2.15. The van der Waals surface area contributed by atoms with Crippen molar-refractivity contribution in [3.63, 3.8) is 0 Å². The molecule has 0 saturated heterocycles. The van der Waals surface area contributed by atoms with Crippen LogP contribution >= 0.6 is 12.6 Å². The fraction of sp³-hybridized carbons (Fsp3) is 0.688. The van der Waals surface area contributed by atoms with Crippen LogP contribution in [0.4, 0.5) is 0 Å². The highest BCUT2D eigenvalue weighted by atomic mass is 32.1. The number of carboxylic acid groups (broad SMARTS) is 1. The molecule has 11 N–H and O–H groups in total. The van der Waals surface area contributed by atoms with Gasteiger partial charge in [-0.05, 0) is 26.7 Å². The zero-order valence-corrected chi connectivity index (χ0v) is 17.8. The molecule has 0 aliphatic heterocycles. The number of aliphatic imine (C=N–C) groups is 1. The van der Waals surface area contributed by atoms with E-state index in [1.54, 1.807) is 0 Å². The molecule has 0 spiro atoms. The topological polar surface area (TPSA) is 235 Å². The van der Waals surface area contributed by atoms with Crippen molar-refractivity contribution in [1.82, 2.24) is 16.0 Å². The van der Waals surface area contributed by atoms with E-state index in [0.717, 1.165) is 0 Å². The Bertz CT molecular complexity index is 642. The normalized spacial score (nSPS) is 15.6. The molecule has 3 amide bonds. The Morgan fingerprint density at radius 1 is 1.03 bits per heavy atom. The van der Waals surface area contributed by atoms with E-state index in [0.29, 0.717) is 13.0 Å². The number of aliphatic hydroxyl groups is 1. The predicted octanol–water partition coefficient (Wildman–Crippen LogP) is -3.76. The van der Waals surface area contributed by atoms with Gasteiger partial charge < -0.3 is 43.4 Å². The van der Waals surface area contributed by atoms with E-state index in [2.05, 4.69) is 33.6 Å². The molecule has 5 atom stereocenters. The Morgan fingerprint density at radius 3 is 2.10 bits per heavy atom. The van der Waals surface area contributed by atoms with E-state index < -0.39 is 54.0 Å². The lowest BCUT2D eigenvalue weighted by atomic mass is 10.1. The summed E-state index contributed by atoms with van der Waals surface area (Å²) >= 11 is 4.01. The van der Waals surface area contributed by atoms with Gasteiger partial charge in [-0.2, -0.15) is 12.6 Å². The minimum absolute atomic E-state index is 0.0747. The molecule has 0 radical (unpaired) electrons. The zero-order chi connectivity index (χ0) is 23.4. The molecule has 0 aromatic rings. The van der Waals surface area contributed by atoms with Crippen molar-refractivity contribution in [2.45, 2.75) is 57.0 Å². The first-order chi connectivity index (χ1) is 13.9. The Labute approximate surface area is 179 Å². The lowest BCUT2D eigenvalue weighted by molar-refractivity contribution is -0.142. The van der Waals surface area contributed by atoms with Gasteiger partial charge in [-0.3, -0.25) is 24.2 Å². The number of carbonyl (C=O) groups excluding carboxylic acids is 3. The van der Waals surface area contributed by atoms with Crippen LogP contribution in [0.1, 0.15) is 26.7 Å². The molecule has 0 heterocycles. The van der Waals surface area contributed by atoms with E-state index in [1.807, 2.05) is 0 Å². The van der Waals surface area contributed by atoms with Crippen LogP contribution in [0.3, 0.4) is 0 Å². The summed E-state index contributed by atoms with van der Waals surface area (Å²) in [7, 11) is 0. The molecule has 172 valence electrons. The molecule has 0 fully saturated rings. The van der Waals surface area contributed by atoms with Gasteiger partial charge in [-0.1, -0.05) is 0 Å². The van der Waals surface area contributed by atoms with Crippen molar-refractivity contribution in [1.29, 1.82) is 0 Å². The number of aliphatic hydroxyl groups excluding tert-OH is 1. The highest BCUT2D eigenvalue weighted by Crippen LogP contribution is 2.00. The van der Waals surface area contributed by atoms with Crippen LogP contribution in [0, 0.1) is 0 Å². The number of amides is 3. The van der Waals surface area contributed by atoms with E-state index in [1.165, 1.54) is 13.8 Å². The van der Waals surface area contributed by atoms with Gasteiger partial charge in [0.2, 0.25) is 17.7 Å². The summed E-state index contributed by atoms with van der Waals surface area (Å²) in [6.45, 7) is 2.77. The van der Waals surface area contributed by atoms with Gasteiger partial charge in [0.1, 0.15) is 18.1 Å². The SMILES string of the molecule is CC(NC(=O)C(NC(=O)C(CS)NC(=O)C(N)CCCN=C(N)N)C(C)O)C(=O)O. The number of thiol groups is 1. The predicted molar refractivity (Wildman–Crippen MR) is 113 cm³/mol. The van der Waals surface area contributed by atoms with Crippen LogP contribution in [0.25, 0.3) is 0 Å². The van der Waals surface area contributed by atoms with Gasteiger partial charge in [0.05, 0.1) is 12.1 Å². The lowest BCUT2D eigenvalue weighted by Gasteiger charge is -2.25. The molecule has 14 heteroatoms. The third-order valence-electron chi connectivity index (χ3n) is 3.91. The zero-order valence-electron chi connectivity index (χ0n) is 16.9. The van der Waals surface area contributed by atoms with Gasteiger partial charge in [-0.15, -0.1) is 0 Å². The molecular formula is C16H31N7O6S. The summed E-state index contributed by atoms with van der Waals surface area (Å²) in [5.41, 5.74) is 16.2. The smallest absolute Gasteiger partial charge is 0.325 e. The number of guanidine groups is 1. The molecule has 0 aliphatic carbocycles. The minimum atomic E-state index is -1.44. The second-order valence-corrected chi connectivity index (χ2v) is 6.96. The van der Waals surface area contributed by atoms with Crippen LogP contribution in [0.15, 0.2) is 4.99 Å². The van der Waals surface area contributed by atoms with E-state index in [4.69, 9.17) is 22.3 Å².